The molecular weight excluding hydrogens is 274 g/mol. The van der Waals surface area contributed by atoms with E-state index in [2.05, 4.69) is 0 Å². The lowest BCUT2D eigenvalue weighted by Crippen LogP contribution is -2.08. The van der Waals surface area contributed by atoms with Gasteiger partial charge in [0.15, 0.2) is 5.78 Å². The number of rotatable bonds is 4. The van der Waals surface area contributed by atoms with Crippen molar-refractivity contribution in [1.82, 2.24) is 0 Å². The predicted molar refractivity (Wildman–Crippen MR) is 81.6 cm³/mol. The fraction of sp³-hybridized carbons (Fsp3) is 0.188. The molecule has 0 bridgehead atoms. The van der Waals surface area contributed by atoms with Gasteiger partial charge in [-0.1, -0.05) is 23.2 Å². The minimum absolute atomic E-state index is 0.161. The SMILES string of the molecule is CCOc1ccc(C)cc1C(=O)c1ccc(Cl)cc1N. The van der Waals surface area contributed by atoms with Gasteiger partial charge in [0.05, 0.1) is 12.2 Å². The van der Waals surface area contributed by atoms with E-state index >= 15 is 0 Å². The summed E-state index contributed by atoms with van der Waals surface area (Å²) in [7, 11) is 0. The number of anilines is 1. The smallest absolute Gasteiger partial charge is 0.198 e. The number of aryl methyl sites for hydroxylation is 1. The van der Waals surface area contributed by atoms with E-state index in [1.165, 1.54) is 0 Å². The van der Waals surface area contributed by atoms with Crippen molar-refractivity contribution in [3.63, 3.8) is 0 Å². The number of nitrogen functional groups attached to an aromatic ring is 1. The number of hydrogen-bond acceptors (Lipinski definition) is 3. The maximum absolute atomic E-state index is 12.6. The summed E-state index contributed by atoms with van der Waals surface area (Å²) in [4.78, 5) is 12.6. The minimum atomic E-state index is -0.161. The third-order valence-electron chi connectivity index (χ3n) is 2.94. The van der Waals surface area contributed by atoms with E-state index in [1.54, 1.807) is 30.3 Å². The summed E-state index contributed by atoms with van der Waals surface area (Å²) in [6.45, 7) is 4.31. The van der Waals surface area contributed by atoms with Crippen LogP contribution in [0, 0.1) is 6.92 Å². The Kier molecular flexibility index (Phi) is 4.30. The zero-order chi connectivity index (χ0) is 14.7. The molecule has 3 nitrogen and oxygen atoms in total. The average molecular weight is 290 g/mol. The van der Waals surface area contributed by atoms with Crippen molar-refractivity contribution in [3.05, 3.63) is 58.1 Å². The highest BCUT2D eigenvalue weighted by atomic mass is 35.5. The largest absolute Gasteiger partial charge is 0.493 e. The molecule has 4 heteroatoms. The van der Waals surface area contributed by atoms with Crippen molar-refractivity contribution in [2.75, 3.05) is 12.3 Å². The van der Waals surface area contributed by atoms with Gasteiger partial charge in [-0.2, -0.15) is 0 Å². The Morgan fingerprint density at radius 1 is 1.20 bits per heavy atom. The topological polar surface area (TPSA) is 52.3 Å². The molecule has 2 aromatic carbocycles. The molecule has 0 aliphatic rings. The van der Waals surface area contributed by atoms with E-state index in [9.17, 15) is 4.79 Å². The second-order valence-corrected chi connectivity index (χ2v) is 4.93. The van der Waals surface area contributed by atoms with Gasteiger partial charge >= 0.3 is 0 Å². The summed E-state index contributed by atoms with van der Waals surface area (Å²) in [6, 6.07) is 10.4. The first-order chi connectivity index (χ1) is 9.52. The number of ketones is 1. The van der Waals surface area contributed by atoms with Gasteiger partial charge in [0.25, 0.3) is 0 Å². The van der Waals surface area contributed by atoms with Gasteiger partial charge in [-0.25, -0.2) is 0 Å². The molecule has 20 heavy (non-hydrogen) atoms. The summed E-state index contributed by atoms with van der Waals surface area (Å²) in [5, 5.41) is 0.508. The average Bonchev–Trinajstić information content (AvgIpc) is 2.40. The van der Waals surface area contributed by atoms with Crippen LogP contribution in [-0.4, -0.2) is 12.4 Å². The Morgan fingerprint density at radius 2 is 1.95 bits per heavy atom. The maximum atomic E-state index is 12.6. The molecule has 0 unspecified atom stereocenters. The first kappa shape index (κ1) is 14.4. The monoisotopic (exact) mass is 289 g/mol. The molecule has 0 aromatic heterocycles. The van der Waals surface area contributed by atoms with Crippen LogP contribution < -0.4 is 10.5 Å². The lowest BCUT2D eigenvalue weighted by molar-refractivity contribution is 0.103. The highest BCUT2D eigenvalue weighted by Gasteiger charge is 2.17. The highest BCUT2D eigenvalue weighted by molar-refractivity contribution is 6.31. The first-order valence-corrected chi connectivity index (χ1v) is 6.74. The molecule has 0 aliphatic heterocycles. The van der Waals surface area contributed by atoms with Crippen LogP contribution >= 0.6 is 11.6 Å². The number of carbonyl (C=O) groups excluding carboxylic acids is 1. The van der Waals surface area contributed by atoms with Crippen LogP contribution in [0.3, 0.4) is 0 Å². The van der Waals surface area contributed by atoms with Crippen molar-refractivity contribution in [2.24, 2.45) is 0 Å². The zero-order valence-electron chi connectivity index (χ0n) is 11.4. The molecule has 0 atom stereocenters. The molecule has 0 aliphatic carbocycles. The Labute approximate surface area is 123 Å². The molecule has 2 aromatic rings. The molecular formula is C16H16ClNO2. The highest BCUT2D eigenvalue weighted by Crippen LogP contribution is 2.27. The van der Waals surface area contributed by atoms with E-state index in [0.717, 1.165) is 5.56 Å². The molecule has 0 spiro atoms. The van der Waals surface area contributed by atoms with Crippen molar-refractivity contribution in [2.45, 2.75) is 13.8 Å². The number of benzene rings is 2. The van der Waals surface area contributed by atoms with Crippen LogP contribution in [0.2, 0.25) is 5.02 Å². The van der Waals surface area contributed by atoms with E-state index in [0.29, 0.717) is 34.2 Å². The first-order valence-electron chi connectivity index (χ1n) is 6.36. The summed E-state index contributed by atoms with van der Waals surface area (Å²) < 4.78 is 5.51. The van der Waals surface area contributed by atoms with Gasteiger partial charge < -0.3 is 10.5 Å². The fourth-order valence-electron chi connectivity index (χ4n) is 1.99. The second kappa shape index (κ2) is 5.97. The van der Waals surface area contributed by atoms with E-state index in [4.69, 9.17) is 22.1 Å². The van der Waals surface area contributed by atoms with Crippen molar-refractivity contribution in [1.29, 1.82) is 0 Å². The number of hydrogen-bond donors (Lipinski definition) is 1. The van der Waals surface area contributed by atoms with Gasteiger partial charge in [-0.3, -0.25) is 4.79 Å². The van der Waals surface area contributed by atoms with Crippen LogP contribution in [0.15, 0.2) is 36.4 Å². The van der Waals surface area contributed by atoms with E-state index in [1.807, 2.05) is 19.9 Å². The summed E-state index contributed by atoms with van der Waals surface area (Å²) in [5.41, 5.74) is 8.18. The fourth-order valence-corrected chi connectivity index (χ4v) is 2.17. The Morgan fingerprint density at radius 3 is 2.60 bits per heavy atom. The predicted octanol–water partition coefficient (Wildman–Crippen LogP) is 3.86. The number of carbonyl (C=O) groups is 1. The minimum Gasteiger partial charge on any atom is -0.493 e. The van der Waals surface area contributed by atoms with Crippen LogP contribution in [0.25, 0.3) is 0 Å². The molecule has 0 radical (unpaired) electrons. The molecule has 0 fully saturated rings. The van der Waals surface area contributed by atoms with Crippen molar-refractivity contribution >= 4 is 23.1 Å². The molecule has 0 amide bonds. The van der Waals surface area contributed by atoms with Gasteiger partial charge in [0.2, 0.25) is 0 Å². The van der Waals surface area contributed by atoms with E-state index in [-0.39, 0.29) is 5.78 Å². The molecule has 0 heterocycles. The third-order valence-corrected chi connectivity index (χ3v) is 3.17. The van der Waals surface area contributed by atoms with Crippen LogP contribution in [0.5, 0.6) is 5.75 Å². The number of halogens is 1. The van der Waals surface area contributed by atoms with Crippen LogP contribution in [-0.2, 0) is 0 Å². The summed E-state index contributed by atoms with van der Waals surface area (Å²) in [5.74, 6) is 0.406. The lowest BCUT2D eigenvalue weighted by Gasteiger charge is -2.11. The lowest BCUT2D eigenvalue weighted by atomic mass is 9.99. The van der Waals surface area contributed by atoms with Crippen molar-refractivity contribution in [3.8, 4) is 5.75 Å². The Bertz CT molecular complexity index is 653. The summed E-state index contributed by atoms with van der Waals surface area (Å²) in [6.07, 6.45) is 0. The Hall–Kier alpha value is -2.00. The number of ether oxygens (including phenoxy) is 1. The second-order valence-electron chi connectivity index (χ2n) is 4.49. The number of nitrogens with two attached hydrogens (primary N) is 1. The standard InChI is InChI=1S/C16H16ClNO2/c1-3-20-15-7-4-10(2)8-13(15)16(19)12-6-5-11(17)9-14(12)18/h4-9H,3,18H2,1-2H3. The van der Waals surface area contributed by atoms with Crippen LogP contribution in [0.4, 0.5) is 5.69 Å². The summed E-state index contributed by atoms with van der Waals surface area (Å²) >= 11 is 5.86. The maximum Gasteiger partial charge on any atom is 0.198 e. The zero-order valence-corrected chi connectivity index (χ0v) is 12.2. The van der Waals surface area contributed by atoms with Crippen LogP contribution in [0.1, 0.15) is 28.4 Å². The molecule has 2 N–H and O–H groups in total. The van der Waals surface area contributed by atoms with Gasteiger partial charge in [-0.05, 0) is 44.2 Å². The van der Waals surface area contributed by atoms with Gasteiger partial charge in [0, 0.05) is 16.3 Å². The quantitative estimate of drug-likeness (QED) is 0.687. The molecule has 2 rings (SSSR count). The Balaban J connectivity index is 2.49. The third kappa shape index (κ3) is 2.94. The molecule has 0 saturated heterocycles. The molecule has 0 saturated carbocycles. The van der Waals surface area contributed by atoms with Crippen molar-refractivity contribution < 1.29 is 9.53 Å². The van der Waals surface area contributed by atoms with Gasteiger partial charge in [0.1, 0.15) is 5.75 Å². The van der Waals surface area contributed by atoms with Gasteiger partial charge in [-0.15, -0.1) is 0 Å². The molecule has 104 valence electrons. The van der Waals surface area contributed by atoms with E-state index < -0.39 is 0 Å². The normalized spacial score (nSPS) is 10.3.